The van der Waals surface area contributed by atoms with Crippen molar-refractivity contribution in [1.82, 2.24) is 10.6 Å². The predicted molar refractivity (Wildman–Crippen MR) is 79.6 cm³/mol. The van der Waals surface area contributed by atoms with E-state index in [4.69, 9.17) is 9.84 Å². The second-order valence-corrected chi connectivity index (χ2v) is 4.86. The average molecular weight is 288 g/mol. The Kier molecular flexibility index (Phi) is 6.07. The maximum absolute atomic E-state index is 11.7. The first-order chi connectivity index (χ1) is 10.3. The molecule has 5 nitrogen and oxygen atoms in total. The third-order valence-electron chi connectivity index (χ3n) is 3.14. The highest BCUT2D eigenvalue weighted by molar-refractivity contribution is 5.74. The smallest absolute Gasteiger partial charge is 0.315 e. The minimum absolute atomic E-state index is 0.0795. The number of aliphatic hydroxyl groups is 1. The Bertz CT molecular complexity index is 511. The zero-order valence-electron chi connectivity index (χ0n) is 11.9. The van der Waals surface area contributed by atoms with Crippen molar-refractivity contribution in [3.63, 3.8) is 0 Å². The molecule has 0 spiro atoms. The van der Waals surface area contributed by atoms with Crippen LogP contribution in [-0.2, 0) is 11.3 Å². The fourth-order valence-electron chi connectivity index (χ4n) is 1.99. The summed E-state index contributed by atoms with van der Waals surface area (Å²) >= 11 is 0. The van der Waals surface area contributed by atoms with Crippen molar-refractivity contribution >= 4 is 6.03 Å². The van der Waals surface area contributed by atoms with Gasteiger partial charge in [0.1, 0.15) is 0 Å². The van der Waals surface area contributed by atoms with Crippen LogP contribution < -0.4 is 10.6 Å². The van der Waals surface area contributed by atoms with E-state index in [2.05, 4.69) is 22.5 Å². The third-order valence-corrected chi connectivity index (χ3v) is 3.14. The molecule has 0 saturated carbocycles. The molecule has 0 aliphatic carbocycles. The molecule has 3 N–H and O–H groups in total. The van der Waals surface area contributed by atoms with E-state index < -0.39 is 0 Å². The van der Waals surface area contributed by atoms with Crippen molar-refractivity contribution in [3.8, 4) is 11.8 Å². The number of amides is 2. The number of hydrogen-bond acceptors (Lipinski definition) is 3. The van der Waals surface area contributed by atoms with Gasteiger partial charge in [0.2, 0.25) is 0 Å². The van der Waals surface area contributed by atoms with Gasteiger partial charge in [0.05, 0.1) is 19.3 Å². The number of aliphatic hydroxyl groups excluding tert-OH is 1. The summed E-state index contributed by atoms with van der Waals surface area (Å²) in [7, 11) is 0. The number of benzene rings is 1. The molecule has 5 heteroatoms. The van der Waals surface area contributed by atoms with Crippen LogP contribution in [0.3, 0.4) is 0 Å². The molecule has 1 aliphatic heterocycles. The van der Waals surface area contributed by atoms with Crippen molar-refractivity contribution in [1.29, 1.82) is 0 Å². The SMILES string of the molecule is O=C(NCc1ccc(C#CCCO)cc1)NC1CCOC1. The average Bonchev–Trinajstić information content (AvgIpc) is 2.99. The highest BCUT2D eigenvalue weighted by Gasteiger charge is 2.17. The lowest BCUT2D eigenvalue weighted by molar-refractivity contribution is 0.188. The number of nitrogens with one attached hydrogen (secondary N) is 2. The van der Waals surface area contributed by atoms with Crippen molar-refractivity contribution in [3.05, 3.63) is 35.4 Å². The van der Waals surface area contributed by atoms with E-state index in [-0.39, 0.29) is 18.7 Å². The van der Waals surface area contributed by atoms with Gasteiger partial charge in [0.15, 0.2) is 0 Å². The second-order valence-electron chi connectivity index (χ2n) is 4.86. The molecular formula is C16H20N2O3. The maximum atomic E-state index is 11.7. The highest BCUT2D eigenvalue weighted by atomic mass is 16.5. The topological polar surface area (TPSA) is 70.6 Å². The Morgan fingerprint density at radius 2 is 2.19 bits per heavy atom. The van der Waals surface area contributed by atoms with Crippen LogP contribution in [0, 0.1) is 11.8 Å². The normalized spacial score (nSPS) is 16.9. The van der Waals surface area contributed by atoms with Gasteiger partial charge in [0.25, 0.3) is 0 Å². The first kappa shape index (κ1) is 15.4. The third kappa shape index (κ3) is 5.46. The minimum atomic E-state index is -0.169. The van der Waals surface area contributed by atoms with E-state index in [1.165, 1.54) is 0 Å². The Morgan fingerprint density at radius 3 is 2.86 bits per heavy atom. The van der Waals surface area contributed by atoms with Crippen molar-refractivity contribution < 1.29 is 14.6 Å². The molecule has 1 unspecified atom stereocenters. The Morgan fingerprint density at radius 1 is 1.38 bits per heavy atom. The van der Waals surface area contributed by atoms with Gasteiger partial charge < -0.3 is 20.5 Å². The number of carbonyl (C=O) groups excluding carboxylic acids is 1. The van der Waals surface area contributed by atoms with E-state index in [9.17, 15) is 4.79 Å². The molecule has 1 fully saturated rings. The summed E-state index contributed by atoms with van der Waals surface area (Å²) in [5.74, 6) is 5.83. The van der Waals surface area contributed by atoms with Crippen molar-refractivity contribution in [2.75, 3.05) is 19.8 Å². The first-order valence-corrected chi connectivity index (χ1v) is 7.08. The highest BCUT2D eigenvalue weighted by Crippen LogP contribution is 2.04. The summed E-state index contributed by atoms with van der Waals surface area (Å²) in [6.45, 7) is 1.86. The van der Waals surface area contributed by atoms with Crippen LogP contribution in [0.15, 0.2) is 24.3 Å². The fraction of sp³-hybridized carbons (Fsp3) is 0.438. The molecule has 1 aromatic rings. The number of carbonyl (C=O) groups is 1. The molecule has 1 saturated heterocycles. The van der Waals surface area contributed by atoms with Gasteiger partial charge in [-0.1, -0.05) is 24.0 Å². The Hall–Kier alpha value is -2.03. The molecule has 0 radical (unpaired) electrons. The van der Waals surface area contributed by atoms with Crippen LogP contribution in [0.2, 0.25) is 0 Å². The molecule has 1 heterocycles. The van der Waals surface area contributed by atoms with Gasteiger partial charge >= 0.3 is 6.03 Å². The minimum Gasteiger partial charge on any atom is -0.395 e. The maximum Gasteiger partial charge on any atom is 0.315 e. The van der Waals surface area contributed by atoms with Gasteiger partial charge in [-0.2, -0.15) is 0 Å². The van der Waals surface area contributed by atoms with Crippen LogP contribution in [0.4, 0.5) is 4.79 Å². The van der Waals surface area contributed by atoms with Crippen LogP contribution in [0.1, 0.15) is 24.0 Å². The van der Waals surface area contributed by atoms with Gasteiger partial charge in [-0.05, 0) is 24.1 Å². The standard InChI is InChI=1S/C16H20N2O3/c19-9-2-1-3-13-4-6-14(7-5-13)11-17-16(20)18-15-8-10-21-12-15/h4-7,15,19H,2,8-12H2,(H2,17,18,20). The van der Waals surface area contributed by atoms with E-state index >= 15 is 0 Å². The summed E-state index contributed by atoms with van der Waals surface area (Å²) in [6.07, 6.45) is 1.35. The lowest BCUT2D eigenvalue weighted by Gasteiger charge is -2.11. The lowest BCUT2D eigenvalue weighted by Crippen LogP contribution is -2.42. The molecule has 21 heavy (non-hydrogen) atoms. The predicted octanol–water partition coefficient (Wildman–Crippen LogP) is 1.01. The molecular weight excluding hydrogens is 268 g/mol. The van der Waals surface area contributed by atoms with E-state index in [0.29, 0.717) is 26.2 Å². The molecule has 1 atom stereocenters. The molecule has 2 amide bonds. The molecule has 1 aliphatic rings. The zero-order chi connectivity index (χ0) is 14.9. The Balaban J connectivity index is 1.75. The van der Waals surface area contributed by atoms with Gasteiger partial charge in [0, 0.05) is 25.1 Å². The molecule has 0 bridgehead atoms. The van der Waals surface area contributed by atoms with E-state index in [1.54, 1.807) is 0 Å². The fourth-order valence-corrected chi connectivity index (χ4v) is 1.99. The van der Waals surface area contributed by atoms with Crippen LogP contribution in [-0.4, -0.2) is 37.0 Å². The quantitative estimate of drug-likeness (QED) is 0.724. The summed E-state index contributed by atoms with van der Waals surface area (Å²) < 4.78 is 5.20. The summed E-state index contributed by atoms with van der Waals surface area (Å²) in [5.41, 5.74) is 1.92. The van der Waals surface area contributed by atoms with Crippen molar-refractivity contribution in [2.24, 2.45) is 0 Å². The molecule has 2 rings (SSSR count). The van der Waals surface area contributed by atoms with Crippen LogP contribution in [0.5, 0.6) is 0 Å². The van der Waals surface area contributed by atoms with E-state index in [0.717, 1.165) is 17.5 Å². The molecule has 112 valence electrons. The first-order valence-electron chi connectivity index (χ1n) is 7.08. The van der Waals surface area contributed by atoms with Crippen molar-refractivity contribution in [2.45, 2.75) is 25.4 Å². The summed E-state index contributed by atoms with van der Waals surface area (Å²) in [5, 5.41) is 14.4. The summed E-state index contributed by atoms with van der Waals surface area (Å²) in [4.78, 5) is 11.7. The zero-order valence-corrected chi connectivity index (χ0v) is 11.9. The second kappa shape index (κ2) is 8.30. The summed E-state index contributed by atoms with van der Waals surface area (Å²) in [6, 6.07) is 7.63. The number of ether oxygens (including phenoxy) is 1. The van der Waals surface area contributed by atoms with E-state index in [1.807, 2.05) is 24.3 Å². The van der Waals surface area contributed by atoms with Gasteiger partial charge in [-0.3, -0.25) is 0 Å². The molecule has 0 aromatic heterocycles. The van der Waals surface area contributed by atoms with Crippen LogP contribution in [0.25, 0.3) is 0 Å². The number of rotatable bonds is 4. The van der Waals surface area contributed by atoms with Crippen LogP contribution >= 0.6 is 0 Å². The monoisotopic (exact) mass is 288 g/mol. The number of hydrogen-bond donors (Lipinski definition) is 3. The lowest BCUT2D eigenvalue weighted by atomic mass is 10.1. The molecule has 1 aromatic carbocycles. The van der Waals surface area contributed by atoms with Gasteiger partial charge in [-0.25, -0.2) is 4.79 Å². The van der Waals surface area contributed by atoms with Gasteiger partial charge in [-0.15, -0.1) is 0 Å². The largest absolute Gasteiger partial charge is 0.395 e. The number of urea groups is 1. The Labute approximate surface area is 124 Å².